The number of hydrogen-bond donors (Lipinski definition) is 0. The summed E-state index contributed by atoms with van der Waals surface area (Å²) < 4.78 is 2.34. The molecule has 0 N–H and O–H groups in total. The zero-order chi connectivity index (χ0) is 19.3. The van der Waals surface area contributed by atoms with Crippen LogP contribution in [-0.2, 0) is 13.0 Å². The number of nitrogens with zero attached hydrogens (tertiary/aromatic N) is 1. The summed E-state index contributed by atoms with van der Waals surface area (Å²) in [4.78, 5) is 0. The Labute approximate surface area is 167 Å². The van der Waals surface area contributed by atoms with Crippen LogP contribution in [0.25, 0.3) is 0 Å². The van der Waals surface area contributed by atoms with Crippen molar-refractivity contribution in [3.05, 3.63) is 65.0 Å². The van der Waals surface area contributed by atoms with Crippen molar-refractivity contribution in [2.75, 3.05) is 0 Å². The van der Waals surface area contributed by atoms with Crippen LogP contribution in [0.5, 0.6) is 0 Å². The van der Waals surface area contributed by atoms with E-state index < -0.39 is 0 Å². The first kappa shape index (κ1) is 21.7. The first-order valence-corrected chi connectivity index (χ1v) is 11.2. The third-order valence-electron chi connectivity index (χ3n) is 5.59. The Bertz CT molecular complexity index is 642. The van der Waals surface area contributed by atoms with Crippen molar-refractivity contribution < 1.29 is 4.57 Å². The van der Waals surface area contributed by atoms with Gasteiger partial charge < -0.3 is 0 Å². The van der Waals surface area contributed by atoms with Crippen LogP contribution in [-0.4, -0.2) is 0 Å². The number of pyridine rings is 1. The van der Waals surface area contributed by atoms with Gasteiger partial charge in [0.15, 0.2) is 18.4 Å². The van der Waals surface area contributed by atoms with Crippen molar-refractivity contribution in [1.29, 1.82) is 0 Å². The van der Waals surface area contributed by atoms with E-state index in [9.17, 15) is 0 Å². The molecule has 0 saturated carbocycles. The molecule has 0 aliphatic rings. The largest absolute Gasteiger partial charge is 0.198 e. The van der Waals surface area contributed by atoms with Crippen molar-refractivity contribution in [1.82, 2.24) is 0 Å². The molecule has 1 heterocycles. The molecule has 0 bridgehead atoms. The summed E-state index contributed by atoms with van der Waals surface area (Å²) in [6, 6.07) is 13.7. The van der Waals surface area contributed by atoms with Crippen LogP contribution < -0.4 is 4.57 Å². The lowest BCUT2D eigenvalue weighted by Crippen LogP contribution is -2.37. The molecular weight excluding hydrogens is 326 g/mol. The summed E-state index contributed by atoms with van der Waals surface area (Å²) in [5, 5.41) is 0. The van der Waals surface area contributed by atoms with E-state index in [0.29, 0.717) is 0 Å². The van der Waals surface area contributed by atoms with Gasteiger partial charge in [-0.2, -0.15) is 4.57 Å². The van der Waals surface area contributed by atoms with Gasteiger partial charge in [-0.1, -0.05) is 89.0 Å². The predicted molar refractivity (Wildman–Crippen MR) is 117 cm³/mol. The second-order valence-electron chi connectivity index (χ2n) is 8.22. The van der Waals surface area contributed by atoms with Gasteiger partial charge >= 0.3 is 0 Å². The maximum Gasteiger partial charge on any atom is 0.178 e. The molecule has 1 nitrogen and oxygen atoms in total. The maximum absolute atomic E-state index is 2.34. The highest BCUT2D eigenvalue weighted by molar-refractivity contribution is 5.22. The monoisotopic (exact) mass is 366 g/mol. The quantitative estimate of drug-likeness (QED) is 0.263. The lowest BCUT2D eigenvalue weighted by atomic mass is 10.0. The lowest BCUT2D eigenvalue weighted by molar-refractivity contribution is -0.694. The summed E-state index contributed by atoms with van der Waals surface area (Å²) in [5.41, 5.74) is 5.51. The van der Waals surface area contributed by atoms with Crippen LogP contribution in [0.2, 0.25) is 0 Å². The van der Waals surface area contributed by atoms with Gasteiger partial charge in [0.1, 0.15) is 0 Å². The average molecular weight is 367 g/mol. The molecule has 0 saturated heterocycles. The fraction of sp³-hybridized carbons (Fsp3) is 0.577. The van der Waals surface area contributed by atoms with Crippen LogP contribution in [0.1, 0.15) is 93.5 Å². The van der Waals surface area contributed by atoms with Gasteiger partial charge in [0, 0.05) is 24.1 Å². The van der Waals surface area contributed by atoms with Crippen molar-refractivity contribution >= 4 is 0 Å². The van der Waals surface area contributed by atoms with E-state index in [1.165, 1.54) is 93.0 Å². The van der Waals surface area contributed by atoms with E-state index in [1.807, 2.05) is 0 Å². The van der Waals surface area contributed by atoms with Gasteiger partial charge in [0.05, 0.1) is 0 Å². The molecule has 0 spiro atoms. The fourth-order valence-electron chi connectivity index (χ4n) is 3.73. The molecule has 2 aromatic rings. The van der Waals surface area contributed by atoms with Crippen molar-refractivity contribution in [3.63, 3.8) is 0 Å². The van der Waals surface area contributed by atoms with Gasteiger partial charge in [-0.15, -0.1) is 0 Å². The molecule has 0 unspecified atom stereocenters. The minimum atomic E-state index is 0.964. The topological polar surface area (TPSA) is 3.88 Å². The Morgan fingerprint density at radius 1 is 0.630 bits per heavy atom. The molecule has 0 aliphatic carbocycles. The molecule has 0 atom stereocenters. The summed E-state index contributed by atoms with van der Waals surface area (Å²) in [7, 11) is 0. The molecule has 0 radical (unpaired) electrons. The number of aryl methyl sites for hydroxylation is 3. The minimum Gasteiger partial charge on any atom is -0.198 e. The molecule has 1 heteroatoms. The zero-order valence-corrected chi connectivity index (χ0v) is 18.0. The minimum absolute atomic E-state index is 0.964. The molecule has 2 rings (SSSR count). The molecule has 27 heavy (non-hydrogen) atoms. The molecule has 148 valence electrons. The SMILES string of the molecule is CCCCCCCCCCCCc1ccc(C[n+]2cc(C)ccc2C)cc1. The molecule has 0 aliphatic heterocycles. The maximum atomic E-state index is 2.34. The summed E-state index contributed by atoms with van der Waals surface area (Å²) in [6.07, 6.45) is 17.6. The Hall–Kier alpha value is -1.63. The second kappa shape index (κ2) is 12.7. The van der Waals surface area contributed by atoms with E-state index in [4.69, 9.17) is 0 Å². The van der Waals surface area contributed by atoms with Crippen LogP contribution >= 0.6 is 0 Å². The highest BCUT2D eigenvalue weighted by Crippen LogP contribution is 2.13. The number of rotatable bonds is 13. The Balaban J connectivity index is 1.61. The normalized spacial score (nSPS) is 11.1. The number of hydrogen-bond acceptors (Lipinski definition) is 0. The smallest absolute Gasteiger partial charge is 0.178 e. The average Bonchev–Trinajstić information content (AvgIpc) is 2.67. The number of aromatic nitrogens is 1. The van der Waals surface area contributed by atoms with Crippen LogP contribution in [0.4, 0.5) is 0 Å². The molecule has 0 amide bonds. The zero-order valence-electron chi connectivity index (χ0n) is 18.0. The molecular formula is C26H40N+. The highest BCUT2D eigenvalue weighted by atomic mass is 14.9. The molecule has 1 aromatic heterocycles. The Kier molecular flexibility index (Phi) is 10.2. The summed E-state index contributed by atoms with van der Waals surface area (Å²) in [5.74, 6) is 0. The summed E-state index contributed by atoms with van der Waals surface area (Å²) in [6.45, 7) is 7.59. The fourth-order valence-corrected chi connectivity index (χ4v) is 3.73. The first-order chi connectivity index (χ1) is 13.2. The van der Waals surface area contributed by atoms with Gasteiger partial charge in [-0.05, 0) is 31.4 Å². The van der Waals surface area contributed by atoms with Crippen LogP contribution in [0, 0.1) is 13.8 Å². The Morgan fingerprint density at radius 3 is 1.81 bits per heavy atom. The predicted octanol–water partition coefficient (Wildman–Crippen LogP) is 7.10. The van der Waals surface area contributed by atoms with Gasteiger partial charge in [-0.3, -0.25) is 0 Å². The third kappa shape index (κ3) is 8.73. The third-order valence-corrected chi connectivity index (χ3v) is 5.59. The van der Waals surface area contributed by atoms with Crippen molar-refractivity contribution in [3.8, 4) is 0 Å². The van der Waals surface area contributed by atoms with Gasteiger partial charge in [0.2, 0.25) is 0 Å². The second-order valence-corrected chi connectivity index (χ2v) is 8.22. The number of unbranched alkanes of at least 4 members (excludes halogenated alkanes) is 9. The van der Waals surface area contributed by atoms with Gasteiger partial charge in [-0.25, -0.2) is 0 Å². The summed E-state index contributed by atoms with van der Waals surface area (Å²) >= 11 is 0. The van der Waals surface area contributed by atoms with Gasteiger partial charge in [0.25, 0.3) is 0 Å². The lowest BCUT2D eigenvalue weighted by Gasteiger charge is -2.05. The molecule has 0 fully saturated rings. The van der Waals surface area contributed by atoms with E-state index in [-0.39, 0.29) is 0 Å². The Morgan fingerprint density at radius 2 is 1.19 bits per heavy atom. The standard InChI is InChI=1S/C26H40N/c1-4-5-6-7-8-9-10-11-12-13-14-25-17-19-26(20-18-25)22-27-21-23(2)15-16-24(27)3/h15-21H,4-14,22H2,1-3H3/q+1. The molecule has 1 aromatic carbocycles. The first-order valence-electron chi connectivity index (χ1n) is 11.2. The number of benzene rings is 1. The van der Waals surface area contributed by atoms with Crippen molar-refractivity contribution in [2.45, 2.75) is 97.9 Å². The van der Waals surface area contributed by atoms with E-state index in [1.54, 1.807) is 0 Å². The van der Waals surface area contributed by atoms with E-state index in [2.05, 4.69) is 67.9 Å². The highest BCUT2D eigenvalue weighted by Gasteiger charge is 2.07. The van der Waals surface area contributed by atoms with Crippen LogP contribution in [0.15, 0.2) is 42.6 Å². The van der Waals surface area contributed by atoms with Crippen molar-refractivity contribution in [2.24, 2.45) is 0 Å². The van der Waals surface area contributed by atoms with E-state index in [0.717, 1.165) is 6.54 Å². The van der Waals surface area contributed by atoms with Crippen LogP contribution in [0.3, 0.4) is 0 Å². The van der Waals surface area contributed by atoms with E-state index >= 15 is 0 Å².